The summed E-state index contributed by atoms with van der Waals surface area (Å²) in [4.78, 5) is 14.4. The van der Waals surface area contributed by atoms with Crippen LogP contribution >= 0.6 is 0 Å². The second-order valence-electron chi connectivity index (χ2n) is 6.41. The van der Waals surface area contributed by atoms with Gasteiger partial charge in [-0.3, -0.25) is 4.90 Å². The maximum absolute atomic E-state index is 12.4. The lowest BCUT2D eigenvalue weighted by molar-refractivity contribution is 0.0816. The Morgan fingerprint density at radius 1 is 1.32 bits per heavy atom. The number of rotatable bonds is 4. The van der Waals surface area contributed by atoms with Gasteiger partial charge in [0.15, 0.2) is 0 Å². The molecular weight excluding hydrogens is 274 g/mol. The largest absolute Gasteiger partial charge is 0.445 e. The van der Waals surface area contributed by atoms with E-state index in [1.807, 2.05) is 35.2 Å². The molecule has 2 heterocycles. The third kappa shape index (κ3) is 3.24. The Labute approximate surface area is 132 Å². The molecule has 2 bridgehead atoms. The van der Waals surface area contributed by atoms with Gasteiger partial charge >= 0.3 is 6.09 Å². The first-order valence-corrected chi connectivity index (χ1v) is 7.96. The first-order valence-electron chi connectivity index (χ1n) is 7.96. The molecular formula is C19H23NO2. The number of carbonyl (C=O) groups excluding carboxylic acids is 1. The number of allylic oxidation sites excluding steroid dienone is 1. The summed E-state index contributed by atoms with van der Waals surface area (Å²) in [5.74, 6) is 0. The second-order valence-corrected chi connectivity index (χ2v) is 6.41. The summed E-state index contributed by atoms with van der Waals surface area (Å²) in [6, 6.07) is 10.3. The van der Waals surface area contributed by atoms with Crippen molar-refractivity contribution >= 4 is 6.09 Å². The van der Waals surface area contributed by atoms with Crippen molar-refractivity contribution in [2.24, 2.45) is 0 Å². The molecule has 0 aromatic heterocycles. The third-order valence-electron chi connectivity index (χ3n) is 4.42. The van der Waals surface area contributed by atoms with Crippen molar-refractivity contribution < 1.29 is 9.53 Å². The topological polar surface area (TPSA) is 29.5 Å². The van der Waals surface area contributed by atoms with Crippen molar-refractivity contribution in [3.63, 3.8) is 0 Å². The number of nitrogens with zero attached hydrogens (tertiary/aromatic N) is 1. The van der Waals surface area contributed by atoms with Crippen molar-refractivity contribution in [2.45, 2.75) is 51.3 Å². The van der Waals surface area contributed by atoms with E-state index in [0.29, 0.717) is 12.6 Å². The maximum atomic E-state index is 12.4. The molecule has 116 valence electrons. The fourth-order valence-electron chi connectivity index (χ4n) is 3.52. The first-order chi connectivity index (χ1) is 10.6. The van der Waals surface area contributed by atoms with Crippen LogP contribution in [-0.2, 0) is 11.3 Å². The number of hydrogen-bond acceptors (Lipinski definition) is 2. The zero-order valence-corrected chi connectivity index (χ0v) is 13.1. The van der Waals surface area contributed by atoms with Gasteiger partial charge in [-0.25, -0.2) is 4.79 Å². The summed E-state index contributed by atoms with van der Waals surface area (Å²) >= 11 is 0. The van der Waals surface area contributed by atoms with Crippen LogP contribution < -0.4 is 0 Å². The van der Waals surface area contributed by atoms with Crippen molar-refractivity contribution in [1.82, 2.24) is 4.90 Å². The van der Waals surface area contributed by atoms with Crippen LogP contribution in [0, 0.1) is 0 Å². The van der Waals surface area contributed by atoms with Crippen molar-refractivity contribution in [3.05, 3.63) is 59.7 Å². The van der Waals surface area contributed by atoms with Crippen LogP contribution in [0.5, 0.6) is 0 Å². The Morgan fingerprint density at radius 2 is 2.09 bits per heavy atom. The van der Waals surface area contributed by atoms with E-state index < -0.39 is 0 Å². The van der Waals surface area contributed by atoms with Gasteiger partial charge in [0, 0.05) is 6.04 Å². The molecule has 1 fully saturated rings. The SMILES string of the molecule is C=C(C)CC1=CC2CCC(C1)N2C(=O)OCc1ccccc1. The highest BCUT2D eigenvalue weighted by Gasteiger charge is 2.40. The van der Waals surface area contributed by atoms with Gasteiger partial charge in [-0.05, 0) is 38.2 Å². The molecule has 0 saturated carbocycles. The average Bonchev–Trinajstić information content (AvgIpc) is 2.77. The molecule has 2 atom stereocenters. The highest BCUT2D eigenvalue weighted by Crippen LogP contribution is 2.37. The highest BCUT2D eigenvalue weighted by atomic mass is 16.6. The molecule has 1 aromatic carbocycles. The quantitative estimate of drug-likeness (QED) is 0.768. The first kappa shape index (κ1) is 14.9. The highest BCUT2D eigenvalue weighted by molar-refractivity contribution is 5.70. The summed E-state index contributed by atoms with van der Waals surface area (Å²) < 4.78 is 5.50. The minimum atomic E-state index is -0.179. The molecule has 2 aliphatic heterocycles. The molecule has 1 aromatic rings. The number of carbonyl (C=O) groups is 1. The molecule has 1 saturated heterocycles. The molecule has 2 unspecified atom stereocenters. The average molecular weight is 297 g/mol. The van der Waals surface area contributed by atoms with Crippen LogP contribution in [0.15, 0.2) is 54.1 Å². The lowest BCUT2D eigenvalue weighted by atomic mass is 9.96. The van der Waals surface area contributed by atoms with Crippen molar-refractivity contribution in [2.75, 3.05) is 0 Å². The van der Waals surface area contributed by atoms with Gasteiger partial charge in [0.25, 0.3) is 0 Å². The molecule has 0 aliphatic carbocycles. The molecule has 22 heavy (non-hydrogen) atoms. The summed E-state index contributed by atoms with van der Waals surface area (Å²) in [5, 5.41) is 0. The number of benzene rings is 1. The zero-order chi connectivity index (χ0) is 15.5. The van der Waals surface area contributed by atoms with Gasteiger partial charge in [0.2, 0.25) is 0 Å². The molecule has 0 N–H and O–H groups in total. The van der Waals surface area contributed by atoms with E-state index >= 15 is 0 Å². The minimum absolute atomic E-state index is 0.179. The zero-order valence-electron chi connectivity index (χ0n) is 13.1. The summed E-state index contributed by atoms with van der Waals surface area (Å²) in [7, 11) is 0. The van der Waals surface area contributed by atoms with Crippen LogP contribution in [-0.4, -0.2) is 23.1 Å². The lowest BCUT2D eigenvalue weighted by Gasteiger charge is -2.33. The van der Waals surface area contributed by atoms with Crippen molar-refractivity contribution in [1.29, 1.82) is 0 Å². The summed E-state index contributed by atoms with van der Waals surface area (Å²) in [6.07, 6.45) is 6.11. The van der Waals surface area contributed by atoms with Gasteiger partial charge in [-0.1, -0.05) is 54.1 Å². The van der Waals surface area contributed by atoms with Crippen molar-refractivity contribution in [3.8, 4) is 0 Å². The standard InChI is InChI=1S/C19H23NO2/c1-14(2)10-16-11-17-8-9-18(12-16)20(17)19(21)22-13-15-6-4-3-5-7-15/h3-7,11,17-18H,1,8-10,12-13H2,2H3. The molecule has 3 rings (SSSR count). The fraction of sp³-hybridized carbons (Fsp3) is 0.421. The Balaban J connectivity index is 1.62. The Bertz CT molecular complexity index is 591. The molecule has 0 spiro atoms. The monoisotopic (exact) mass is 297 g/mol. The Hall–Kier alpha value is -2.03. The van der Waals surface area contributed by atoms with E-state index in [1.165, 1.54) is 11.1 Å². The predicted octanol–water partition coefficient (Wildman–Crippen LogP) is 4.45. The van der Waals surface area contributed by atoms with E-state index in [4.69, 9.17) is 4.74 Å². The third-order valence-corrected chi connectivity index (χ3v) is 4.42. The number of hydrogen-bond donors (Lipinski definition) is 0. The van der Waals surface area contributed by atoms with E-state index in [9.17, 15) is 4.79 Å². The maximum Gasteiger partial charge on any atom is 0.410 e. The van der Waals surface area contributed by atoms with Gasteiger partial charge in [0.1, 0.15) is 6.61 Å². The number of fused-ring (bicyclic) bond motifs is 2. The Kier molecular flexibility index (Phi) is 4.32. The molecule has 3 heteroatoms. The van der Waals surface area contributed by atoms with Crippen LogP contribution in [0.25, 0.3) is 0 Å². The normalized spacial score (nSPS) is 23.1. The van der Waals surface area contributed by atoms with Crippen LogP contribution in [0.1, 0.15) is 38.2 Å². The van der Waals surface area contributed by atoms with E-state index in [0.717, 1.165) is 31.2 Å². The summed E-state index contributed by atoms with van der Waals surface area (Å²) in [6.45, 7) is 6.39. The van der Waals surface area contributed by atoms with Crippen LogP contribution in [0.3, 0.4) is 0 Å². The van der Waals surface area contributed by atoms with Gasteiger partial charge in [-0.15, -0.1) is 0 Å². The Morgan fingerprint density at radius 3 is 2.77 bits per heavy atom. The van der Waals surface area contributed by atoms with E-state index in [1.54, 1.807) is 0 Å². The predicted molar refractivity (Wildman–Crippen MR) is 87.4 cm³/mol. The fourth-order valence-corrected chi connectivity index (χ4v) is 3.52. The smallest absolute Gasteiger partial charge is 0.410 e. The van der Waals surface area contributed by atoms with Crippen LogP contribution in [0.2, 0.25) is 0 Å². The molecule has 3 nitrogen and oxygen atoms in total. The minimum Gasteiger partial charge on any atom is -0.445 e. The lowest BCUT2D eigenvalue weighted by Crippen LogP contribution is -2.43. The molecule has 2 aliphatic rings. The molecule has 0 radical (unpaired) electrons. The van der Waals surface area contributed by atoms with E-state index in [2.05, 4.69) is 19.6 Å². The summed E-state index contributed by atoms with van der Waals surface area (Å²) in [5.41, 5.74) is 3.64. The van der Waals surface area contributed by atoms with Gasteiger partial charge in [0.05, 0.1) is 6.04 Å². The number of amides is 1. The second kappa shape index (κ2) is 6.39. The molecule has 1 amide bonds. The van der Waals surface area contributed by atoms with Crippen LogP contribution in [0.4, 0.5) is 4.79 Å². The van der Waals surface area contributed by atoms with Gasteiger partial charge < -0.3 is 4.74 Å². The number of ether oxygens (including phenoxy) is 1. The van der Waals surface area contributed by atoms with E-state index in [-0.39, 0.29) is 12.1 Å². The van der Waals surface area contributed by atoms with Gasteiger partial charge in [-0.2, -0.15) is 0 Å².